The minimum atomic E-state index is -0.431. The van der Waals surface area contributed by atoms with Crippen LogP contribution in [0.4, 0.5) is 5.82 Å². The summed E-state index contributed by atoms with van der Waals surface area (Å²) in [4.78, 5) is 19.1. The summed E-state index contributed by atoms with van der Waals surface area (Å²) in [5, 5.41) is 0. The molecule has 0 aliphatic carbocycles. The standard InChI is InChI=1S/C18H17N3O3/c1-23-13-7-3-5-11(9-13)15-16(21-18(22)17(19)20-15)12-6-4-8-14(10-12)24-2/h3-10H,1-2H3,(H2,19,20)(H,21,22). The molecule has 24 heavy (non-hydrogen) atoms. The quantitative estimate of drug-likeness (QED) is 0.770. The average molecular weight is 323 g/mol. The summed E-state index contributed by atoms with van der Waals surface area (Å²) in [6.45, 7) is 0. The van der Waals surface area contributed by atoms with E-state index in [4.69, 9.17) is 15.2 Å². The van der Waals surface area contributed by atoms with Crippen LogP contribution >= 0.6 is 0 Å². The molecule has 0 radical (unpaired) electrons. The fourth-order valence-corrected chi connectivity index (χ4v) is 2.43. The molecule has 0 atom stereocenters. The number of rotatable bonds is 4. The minimum absolute atomic E-state index is 0.0838. The summed E-state index contributed by atoms with van der Waals surface area (Å²) in [7, 11) is 3.18. The summed E-state index contributed by atoms with van der Waals surface area (Å²) in [6, 6.07) is 14.8. The average Bonchev–Trinajstić information content (AvgIpc) is 2.63. The van der Waals surface area contributed by atoms with E-state index in [0.29, 0.717) is 22.9 Å². The molecule has 2 aromatic carbocycles. The van der Waals surface area contributed by atoms with E-state index in [-0.39, 0.29) is 5.82 Å². The molecule has 1 aromatic heterocycles. The van der Waals surface area contributed by atoms with Gasteiger partial charge in [0, 0.05) is 11.1 Å². The molecule has 0 bridgehead atoms. The van der Waals surface area contributed by atoms with Gasteiger partial charge in [-0.1, -0.05) is 24.3 Å². The van der Waals surface area contributed by atoms with Crippen molar-refractivity contribution in [3.05, 3.63) is 58.9 Å². The molecule has 0 amide bonds. The van der Waals surface area contributed by atoms with Crippen LogP contribution in [-0.4, -0.2) is 24.2 Å². The third-order valence-corrected chi connectivity index (χ3v) is 3.64. The lowest BCUT2D eigenvalue weighted by atomic mass is 10.0. The van der Waals surface area contributed by atoms with E-state index in [9.17, 15) is 4.79 Å². The van der Waals surface area contributed by atoms with E-state index in [2.05, 4.69) is 9.97 Å². The highest BCUT2D eigenvalue weighted by molar-refractivity contribution is 5.79. The molecule has 0 spiro atoms. The number of ether oxygens (including phenoxy) is 2. The number of nitrogens with zero attached hydrogens (tertiary/aromatic N) is 1. The van der Waals surface area contributed by atoms with Crippen molar-refractivity contribution < 1.29 is 9.47 Å². The Morgan fingerprint density at radius 2 is 1.54 bits per heavy atom. The zero-order chi connectivity index (χ0) is 17.1. The van der Waals surface area contributed by atoms with Crippen molar-refractivity contribution in [2.75, 3.05) is 20.0 Å². The molecule has 0 fully saturated rings. The SMILES string of the molecule is COc1cccc(-c2nc(N)c(=O)[nH]c2-c2cccc(OC)c2)c1. The number of hydrogen-bond donors (Lipinski definition) is 2. The number of aromatic amines is 1. The van der Waals surface area contributed by atoms with E-state index >= 15 is 0 Å². The Morgan fingerprint density at radius 3 is 2.17 bits per heavy atom. The second-order valence-corrected chi connectivity index (χ2v) is 5.14. The van der Waals surface area contributed by atoms with Crippen molar-refractivity contribution in [3.63, 3.8) is 0 Å². The molecule has 6 nitrogen and oxygen atoms in total. The maximum atomic E-state index is 12.0. The molecule has 1 heterocycles. The third kappa shape index (κ3) is 2.94. The molecule has 0 aliphatic heterocycles. The highest BCUT2D eigenvalue weighted by Crippen LogP contribution is 2.31. The van der Waals surface area contributed by atoms with E-state index in [1.807, 2.05) is 48.5 Å². The lowest BCUT2D eigenvalue weighted by Crippen LogP contribution is -2.16. The normalized spacial score (nSPS) is 10.4. The molecule has 0 aliphatic rings. The van der Waals surface area contributed by atoms with Gasteiger partial charge in [-0.2, -0.15) is 0 Å². The number of hydrogen-bond acceptors (Lipinski definition) is 5. The molecule has 0 saturated carbocycles. The van der Waals surface area contributed by atoms with Crippen LogP contribution < -0.4 is 20.8 Å². The van der Waals surface area contributed by atoms with Gasteiger partial charge in [0.2, 0.25) is 0 Å². The first-order valence-corrected chi connectivity index (χ1v) is 7.31. The van der Waals surface area contributed by atoms with Crippen LogP contribution in [-0.2, 0) is 0 Å². The number of nitrogens with one attached hydrogen (secondary N) is 1. The molecule has 6 heteroatoms. The van der Waals surface area contributed by atoms with Gasteiger partial charge in [-0.3, -0.25) is 4.79 Å². The molecule has 3 N–H and O–H groups in total. The topological polar surface area (TPSA) is 90.2 Å². The van der Waals surface area contributed by atoms with Gasteiger partial charge >= 0.3 is 0 Å². The number of methoxy groups -OCH3 is 2. The fourth-order valence-electron chi connectivity index (χ4n) is 2.43. The Labute approximate surface area is 138 Å². The van der Waals surface area contributed by atoms with Crippen molar-refractivity contribution in [1.29, 1.82) is 0 Å². The number of nitrogen functional groups attached to an aromatic ring is 1. The number of nitrogens with two attached hydrogens (primary N) is 1. The van der Waals surface area contributed by atoms with Gasteiger partial charge in [0.25, 0.3) is 5.56 Å². The molecule has 3 aromatic rings. The van der Waals surface area contributed by atoms with Gasteiger partial charge in [0.1, 0.15) is 11.5 Å². The first-order valence-electron chi connectivity index (χ1n) is 7.31. The van der Waals surface area contributed by atoms with E-state index in [1.165, 1.54) is 0 Å². The van der Waals surface area contributed by atoms with Gasteiger partial charge in [0.05, 0.1) is 25.6 Å². The van der Waals surface area contributed by atoms with Crippen molar-refractivity contribution in [1.82, 2.24) is 9.97 Å². The summed E-state index contributed by atoms with van der Waals surface area (Å²) in [6.07, 6.45) is 0. The zero-order valence-corrected chi connectivity index (χ0v) is 13.4. The van der Waals surface area contributed by atoms with Crippen LogP contribution in [0.15, 0.2) is 53.3 Å². The van der Waals surface area contributed by atoms with Crippen molar-refractivity contribution in [2.45, 2.75) is 0 Å². The Morgan fingerprint density at radius 1 is 0.958 bits per heavy atom. The monoisotopic (exact) mass is 323 g/mol. The lowest BCUT2D eigenvalue weighted by molar-refractivity contribution is 0.415. The smallest absolute Gasteiger partial charge is 0.290 e. The second kappa shape index (κ2) is 6.45. The van der Waals surface area contributed by atoms with Crippen LogP contribution in [0.25, 0.3) is 22.5 Å². The number of benzene rings is 2. The zero-order valence-electron chi connectivity index (χ0n) is 13.4. The van der Waals surface area contributed by atoms with E-state index < -0.39 is 5.56 Å². The van der Waals surface area contributed by atoms with Gasteiger partial charge in [-0.25, -0.2) is 4.98 Å². The largest absolute Gasteiger partial charge is 0.497 e. The molecule has 122 valence electrons. The Bertz CT molecular complexity index is 935. The fraction of sp³-hybridized carbons (Fsp3) is 0.111. The van der Waals surface area contributed by atoms with Crippen LogP contribution in [0.3, 0.4) is 0 Å². The second-order valence-electron chi connectivity index (χ2n) is 5.14. The number of aromatic nitrogens is 2. The summed E-state index contributed by atoms with van der Waals surface area (Å²) < 4.78 is 10.5. The predicted octanol–water partition coefficient (Wildman–Crippen LogP) is 2.70. The number of anilines is 1. The molecule has 0 unspecified atom stereocenters. The summed E-state index contributed by atoms with van der Waals surface area (Å²) >= 11 is 0. The first kappa shape index (κ1) is 15.6. The maximum absolute atomic E-state index is 12.0. The molecular formula is C18H17N3O3. The van der Waals surface area contributed by atoms with Crippen molar-refractivity contribution >= 4 is 5.82 Å². The van der Waals surface area contributed by atoms with Crippen LogP contribution in [0, 0.1) is 0 Å². The Balaban J connectivity index is 2.25. The Kier molecular flexibility index (Phi) is 4.20. The molecule has 3 rings (SSSR count). The van der Waals surface area contributed by atoms with Gasteiger partial charge < -0.3 is 20.2 Å². The Hall–Kier alpha value is -3.28. The summed E-state index contributed by atoms with van der Waals surface area (Å²) in [5.74, 6) is 1.29. The van der Waals surface area contributed by atoms with Crippen LogP contribution in [0.2, 0.25) is 0 Å². The molecule has 0 saturated heterocycles. The highest BCUT2D eigenvalue weighted by atomic mass is 16.5. The van der Waals surface area contributed by atoms with Crippen molar-refractivity contribution in [2.24, 2.45) is 0 Å². The minimum Gasteiger partial charge on any atom is -0.497 e. The highest BCUT2D eigenvalue weighted by Gasteiger charge is 2.14. The lowest BCUT2D eigenvalue weighted by Gasteiger charge is -2.11. The maximum Gasteiger partial charge on any atom is 0.290 e. The first-order chi connectivity index (χ1) is 11.6. The van der Waals surface area contributed by atoms with Crippen LogP contribution in [0.5, 0.6) is 11.5 Å². The van der Waals surface area contributed by atoms with E-state index in [1.54, 1.807) is 14.2 Å². The predicted molar refractivity (Wildman–Crippen MR) is 93.2 cm³/mol. The van der Waals surface area contributed by atoms with E-state index in [0.717, 1.165) is 11.1 Å². The van der Waals surface area contributed by atoms with Gasteiger partial charge in [-0.15, -0.1) is 0 Å². The van der Waals surface area contributed by atoms with Crippen molar-refractivity contribution in [3.8, 4) is 34.0 Å². The molecular weight excluding hydrogens is 306 g/mol. The van der Waals surface area contributed by atoms with Crippen LogP contribution in [0.1, 0.15) is 0 Å². The number of H-pyrrole nitrogens is 1. The summed E-state index contributed by atoms with van der Waals surface area (Å²) in [5.41, 5.74) is 7.99. The third-order valence-electron chi connectivity index (χ3n) is 3.64. The van der Waals surface area contributed by atoms with Gasteiger partial charge in [0.15, 0.2) is 5.82 Å². The van der Waals surface area contributed by atoms with Gasteiger partial charge in [-0.05, 0) is 24.3 Å².